The van der Waals surface area contributed by atoms with Crippen molar-refractivity contribution >= 4 is 5.78 Å². The summed E-state index contributed by atoms with van der Waals surface area (Å²) in [6.07, 6.45) is 2.03. The number of aryl methyl sites for hydroxylation is 1. The summed E-state index contributed by atoms with van der Waals surface area (Å²) >= 11 is 0. The fourth-order valence-corrected chi connectivity index (χ4v) is 1.97. The van der Waals surface area contributed by atoms with Crippen LogP contribution in [-0.2, 0) is 0 Å². The standard InChI is InChI=1S/C13H16FNO/c1-8-7-9(3-6-11(8)14)12(16)13(2,15)10-4-5-10/h3,6-7,10H,4-5,15H2,1-2H3. The van der Waals surface area contributed by atoms with Gasteiger partial charge in [-0.3, -0.25) is 4.79 Å². The molecule has 0 aromatic heterocycles. The average molecular weight is 221 g/mol. The molecule has 2 rings (SSSR count). The van der Waals surface area contributed by atoms with Crippen molar-refractivity contribution in [1.82, 2.24) is 0 Å². The number of benzene rings is 1. The summed E-state index contributed by atoms with van der Waals surface area (Å²) in [6, 6.07) is 4.41. The molecule has 1 aliphatic carbocycles. The van der Waals surface area contributed by atoms with E-state index in [2.05, 4.69) is 0 Å². The molecule has 0 bridgehead atoms. The Balaban J connectivity index is 2.30. The predicted octanol–water partition coefficient (Wildman–Crippen LogP) is 2.44. The van der Waals surface area contributed by atoms with Gasteiger partial charge in [-0.25, -0.2) is 4.39 Å². The molecule has 16 heavy (non-hydrogen) atoms. The number of carbonyl (C=O) groups excluding carboxylic acids is 1. The van der Waals surface area contributed by atoms with E-state index in [-0.39, 0.29) is 17.5 Å². The van der Waals surface area contributed by atoms with Crippen LogP contribution in [0.25, 0.3) is 0 Å². The number of Topliss-reactive ketones (excluding diaryl/α,β-unsaturated/α-hetero) is 1. The SMILES string of the molecule is Cc1cc(C(=O)C(C)(N)C2CC2)ccc1F. The van der Waals surface area contributed by atoms with Gasteiger partial charge in [0, 0.05) is 5.56 Å². The molecule has 1 aromatic rings. The van der Waals surface area contributed by atoms with Gasteiger partial charge in [-0.15, -0.1) is 0 Å². The second kappa shape index (κ2) is 3.67. The molecule has 1 atom stereocenters. The van der Waals surface area contributed by atoms with Crippen molar-refractivity contribution in [2.45, 2.75) is 32.2 Å². The molecule has 1 fully saturated rings. The second-order valence-corrected chi connectivity index (χ2v) is 4.85. The van der Waals surface area contributed by atoms with Crippen LogP contribution in [0.15, 0.2) is 18.2 Å². The van der Waals surface area contributed by atoms with Gasteiger partial charge in [0.15, 0.2) is 5.78 Å². The Hall–Kier alpha value is -1.22. The summed E-state index contributed by atoms with van der Waals surface area (Å²) in [7, 11) is 0. The van der Waals surface area contributed by atoms with Gasteiger partial charge >= 0.3 is 0 Å². The Morgan fingerprint density at radius 3 is 2.62 bits per heavy atom. The molecule has 0 aliphatic heterocycles. The lowest BCUT2D eigenvalue weighted by Crippen LogP contribution is -2.47. The Morgan fingerprint density at radius 1 is 1.50 bits per heavy atom. The lowest BCUT2D eigenvalue weighted by molar-refractivity contribution is 0.0883. The molecular weight excluding hydrogens is 205 g/mol. The third-order valence-electron chi connectivity index (χ3n) is 3.33. The Bertz CT molecular complexity index is 436. The first kappa shape index (κ1) is 11.3. The summed E-state index contributed by atoms with van der Waals surface area (Å²) in [5.74, 6) is -0.0924. The van der Waals surface area contributed by atoms with Gasteiger partial charge in [-0.2, -0.15) is 0 Å². The van der Waals surface area contributed by atoms with Crippen LogP contribution in [0, 0.1) is 18.7 Å². The first-order valence-electron chi connectivity index (χ1n) is 5.52. The van der Waals surface area contributed by atoms with Crippen LogP contribution < -0.4 is 5.73 Å². The Labute approximate surface area is 94.6 Å². The van der Waals surface area contributed by atoms with Gasteiger partial charge in [-0.05, 0) is 56.4 Å². The summed E-state index contributed by atoms with van der Waals surface area (Å²) in [5.41, 5.74) is 6.23. The quantitative estimate of drug-likeness (QED) is 0.797. The molecule has 1 unspecified atom stereocenters. The van der Waals surface area contributed by atoms with Gasteiger partial charge < -0.3 is 5.73 Å². The van der Waals surface area contributed by atoms with Crippen molar-refractivity contribution in [1.29, 1.82) is 0 Å². The molecule has 0 spiro atoms. The minimum absolute atomic E-state index is 0.0851. The third kappa shape index (κ3) is 1.87. The molecule has 0 radical (unpaired) electrons. The van der Waals surface area contributed by atoms with Gasteiger partial charge in [0.2, 0.25) is 0 Å². The summed E-state index contributed by atoms with van der Waals surface area (Å²) in [6.45, 7) is 3.42. The van der Waals surface area contributed by atoms with Gasteiger partial charge in [-0.1, -0.05) is 0 Å². The minimum Gasteiger partial charge on any atom is -0.319 e. The predicted molar refractivity (Wildman–Crippen MR) is 60.8 cm³/mol. The Kier molecular flexibility index (Phi) is 2.58. The zero-order valence-electron chi connectivity index (χ0n) is 9.59. The normalized spacial score (nSPS) is 19.2. The largest absolute Gasteiger partial charge is 0.319 e. The van der Waals surface area contributed by atoms with E-state index in [9.17, 15) is 9.18 Å². The van der Waals surface area contributed by atoms with E-state index in [1.807, 2.05) is 0 Å². The van der Waals surface area contributed by atoms with Crippen molar-refractivity contribution in [3.63, 3.8) is 0 Å². The van der Waals surface area contributed by atoms with E-state index in [0.717, 1.165) is 12.8 Å². The highest BCUT2D eigenvalue weighted by Gasteiger charge is 2.44. The number of ketones is 1. The van der Waals surface area contributed by atoms with Crippen LogP contribution in [0.3, 0.4) is 0 Å². The maximum atomic E-state index is 13.1. The number of rotatable bonds is 3. The van der Waals surface area contributed by atoms with Gasteiger partial charge in [0.25, 0.3) is 0 Å². The highest BCUT2D eigenvalue weighted by molar-refractivity contribution is 6.03. The van der Waals surface area contributed by atoms with Crippen molar-refractivity contribution < 1.29 is 9.18 Å². The number of hydrogen-bond donors (Lipinski definition) is 1. The van der Waals surface area contributed by atoms with Crippen molar-refractivity contribution in [3.05, 3.63) is 35.1 Å². The molecule has 2 N–H and O–H groups in total. The molecule has 0 saturated heterocycles. The van der Waals surface area contributed by atoms with E-state index >= 15 is 0 Å². The zero-order chi connectivity index (χ0) is 11.9. The first-order chi connectivity index (χ1) is 7.43. The molecular formula is C13H16FNO. The Morgan fingerprint density at radius 2 is 2.12 bits per heavy atom. The zero-order valence-corrected chi connectivity index (χ0v) is 9.59. The summed E-state index contributed by atoms with van der Waals surface area (Å²) in [5, 5.41) is 0. The molecule has 2 nitrogen and oxygen atoms in total. The highest BCUT2D eigenvalue weighted by Crippen LogP contribution is 2.39. The fourth-order valence-electron chi connectivity index (χ4n) is 1.97. The van der Waals surface area contributed by atoms with E-state index in [4.69, 9.17) is 5.73 Å². The molecule has 0 heterocycles. The van der Waals surface area contributed by atoms with Crippen LogP contribution in [-0.4, -0.2) is 11.3 Å². The monoisotopic (exact) mass is 221 g/mol. The van der Waals surface area contributed by atoms with Crippen molar-refractivity contribution in [2.24, 2.45) is 11.7 Å². The molecule has 86 valence electrons. The van der Waals surface area contributed by atoms with E-state index in [1.54, 1.807) is 19.9 Å². The first-order valence-corrected chi connectivity index (χ1v) is 5.52. The third-order valence-corrected chi connectivity index (χ3v) is 3.33. The van der Waals surface area contributed by atoms with Crippen LogP contribution in [0.1, 0.15) is 35.7 Å². The van der Waals surface area contributed by atoms with E-state index < -0.39 is 5.54 Å². The summed E-state index contributed by atoms with van der Waals surface area (Å²) < 4.78 is 13.1. The van der Waals surface area contributed by atoms with Crippen LogP contribution in [0.2, 0.25) is 0 Å². The van der Waals surface area contributed by atoms with Crippen LogP contribution in [0.4, 0.5) is 4.39 Å². The molecule has 3 heteroatoms. The smallest absolute Gasteiger partial charge is 0.182 e. The number of hydrogen-bond acceptors (Lipinski definition) is 2. The lowest BCUT2D eigenvalue weighted by Gasteiger charge is -2.22. The number of halogens is 1. The van der Waals surface area contributed by atoms with Gasteiger partial charge in [0.1, 0.15) is 5.82 Å². The highest BCUT2D eigenvalue weighted by atomic mass is 19.1. The maximum absolute atomic E-state index is 13.1. The van der Waals surface area contributed by atoms with Gasteiger partial charge in [0.05, 0.1) is 5.54 Å². The molecule has 0 amide bonds. The summed E-state index contributed by atoms with van der Waals surface area (Å²) in [4.78, 5) is 12.2. The molecule has 1 aliphatic rings. The van der Waals surface area contributed by atoms with Crippen LogP contribution in [0.5, 0.6) is 0 Å². The van der Waals surface area contributed by atoms with Crippen molar-refractivity contribution in [3.8, 4) is 0 Å². The maximum Gasteiger partial charge on any atom is 0.182 e. The topological polar surface area (TPSA) is 43.1 Å². The second-order valence-electron chi connectivity index (χ2n) is 4.85. The molecule has 1 aromatic carbocycles. The van der Waals surface area contributed by atoms with E-state index in [1.165, 1.54) is 12.1 Å². The van der Waals surface area contributed by atoms with Crippen LogP contribution >= 0.6 is 0 Å². The van der Waals surface area contributed by atoms with E-state index in [0.29, 0.717) is 11.1 Å². The lowest BCUT2D eigenvalue weighted by atomic mass is 9.87. The number of nitrogens with two attached hydrogens (primary N) is 1. The number of carbonyl (C=O) groups is 1. The molecule has 1 saturated carbocycles. The minimum atomic E-state index is -0.801. The average Bonchev–Trinajstić information content (AvgIpc) is 3.04. The fraction of sp³-hybridized carbons (Fsp3) is 0.462. The van der Waals surface area contributed by atoms with Crippen molar-refractivity contribution in [2.75, 3.05) is 0 Å².